The summed E-state index contributed by atoms with van der Waals surface area (Å²) in [5, 5.41) is 12.8. The molecule has 1 saturated heterocycles. The standard InChI is InChI=1S/C15H18N4O2S.ClH/c16-15(6-8-21-9-7-15)14(20)17-10-12-18-19-13(22-12)11-4-2-1-3-5-11;/h1-5H,6-10,16H2,(H,17,20);1H. The molecule has 1 aliphatic rings. The second-order valence-electron chi connectivity index (χ2n) is 5.32. The molecular weight excluding hydrogens is 336 g/mol. The molecule has 0 aliphatic carbocycles. The van der Waals surface area contributed by atoms with Crippen LogP contribution in [0.2, 0.25) is 0 Å². The number of rotatable bonds is 4. The lowest BCUT2D eigenvalue weighted by molar-refractivity contribution is -0.129. The third kappa shape index (κ3) is 4.26. The molecule has 1 aromatic carbocycles. The van der Waals surface area contributed by atoms with Crippen LogP contribution in [0.1, 0.15) is 17.8 Å². The lowest BCUT2D eigenvalue weighted by atomic mass is 9.90. The van der Waals surface area contributed by atoms with Gasteiger partial charge in [0.25, 0.3) is 0 Å². The molecule has 0 spiro atoms. The Morgan fingerprint density at radius 2 is 1.96 bits per heavy atom. The molecular formula is C15H19ClN4O2S. The van der Waals surface area contributed by atoms with Gasteiger partial charge in [-0.25, -0.2) is 0 Å². The summed E-state index contributed by atoms with van der Waals surface area (Å²) in [5.74, 6) is -0.146. The second-order valence-corrected chi connectivity index (χ2v) is 6.38. The van der Waals surface area contributed by atoms with E-state index in [0.717, 1.165) is 15.6 Å². The average Bonchev–Trinajstić information content (AvgIpc) is 3.03. The predicted octanol–water partition coefficient (Wildman–Crippen LogP) is 1.75. The van der Waals surface area contributed by atoms with Crippen molar-refractivity contribution in [3.63, 3.8) is 0 Å². The Morgan fingerprint density at radius 1 is 1.26 bits per heavy atom. The van der Waals surface area contributed by atoms with Crippen molar-refractivity contribution in [3.05, 3.63) is 35.3 Å². The van der Waals surface area contributed by atoms with Crippen LogP contribution in [0.5, 0.6) is 0 Å². The number of halogens is 1. The third-order valence-electron chi connectivity index (χ3n) is 3.72. The molecule has 2 heterocycles. The molecule has 0 saturated carbocycles. The van der Waals surface area contributed by atoms with Crippen LogP contribution in [-0.4, -0.2) is 34.9 Å². The third-order valence-corrected chi connectivity index (χ3v) is 4.70. The smallest absolute Gasteiger partial charge is 0.240 e. The van der Waals surface area contributed by atoms with Crippen LogP contribution in [0.4, 0.5) is 0 Å². The van der Waals surface area contributed by atoms with Crippen molar-refractivity contribution in [1.29, 1.82) is 0 Å². The molecule has 6 nitrogen and oxygen atoms in total. The summed E-state index contributed by atoms with van der Waals surface area (Å²) >= 11 is 1.47. The SMILES string of the molecule is Cl.NC1(C(=O)NCc2nnc(-c3ccccc3)s2)CCOCC1. The largest absolute Gasteiger partial charge is 0.381 e. The fourth-order valence-corrected chi connectivity index (χ4v) is 3.10. The summed E-state index contributed by atoms with van der Waals surface area (Å²) in [6, 6.07) is 9.85. The van der Waals surface area contributed by atoms with Gasteiger partial charge in [-0.1, -0.05) is 41.7 Å². The summed E-state index contributed by atoms with van der Waals surface area (Å²) in [6.07, 6.45) is 1.09. The van der Waals surface area contributed by atoms with E-state index in [1.807, 2.05) is 30.3 Å². The van der Waals surface area contributed by atoms with E-state index in [-0.39, 0.29) is 18.3 Å². The van der Waals surface area contributed by atoms with Crippen molar-refractivity contribution in [1.82, 2.24) is 15.5 Å². The molecule has 1 aliphatic heterocycles. The summed E-state index contributed by atoms with van der Waals surface area (Å²) < 4.78 is 5.25. The van der Waals surface area contributed by atoms with Gasteiger partial charge in [0.05, 0.1) is 12.1 Å². The fraction of sp³-hybridized carbons (Fsp3) is 0.400. The number of hydrogen-bond acceptors (Lipinski definition) is 6. The Balaban J connectivity index is 0.00000192. The van der Waals surface area contributed by atoms with Crippen molar-refractivity contribution < 1.29 is 9.53 Å². The lowest BCUT2D eigenvalue weighted by Gasteiger charge is -2.31. The van der Waals surface area contributed by atoms with E-state index in [9.17, 15) is 4.79 Å². The van der Waals surface area contributed by atoms with Gasteiger partial charge in [-0.15, -0.1) is 22.6 Å². The van der Waals surface area contributed by atoms with Crippen molar-refractivity contribution in [2.24, 2.45) is 5.73 Å². The first-order chi connectivity index (χ1) is 10.7. The van der Waals surface area contributed by atoms with Gasteiger partial charge < -0.3 is 15.8 Å². The number of aromatic nitrogens is 2. The summed E-state index contributed by atoms with van der Waals surface area (Å²) in [6.45, 7) is 1.41. The molecule has 124 valence electrons. The fourth-order valence-electron chi connectivity index (χ4n) is 2.32. The number of hydrogen-bond donors (Lipinski definition) is 2. The van der Waals surface area contributed by atoms with Crippen LogP contribution in [0.15, 0.2) is 30.3 Å². The summed E-state index contributed by atoms with van der Waals surface area (Å²) in [7, 11) is 0. The van der Waals surface area contributed by atoms with Crippen LogP contribution in [0.3, 0.4) is 0 Å². The highest BCUT2D eigenvalue weighted by atomic mass is 35.5. The molecule has 1 fully saturated rings. The van der Waals surface area contributed by atoms with Gasteiger partial charge in [0, 0.05) is 18.8 Å². The maximum atomic E-state index is 12.2. The molecule has 0 bridgehead atoms. The van der Waals surface area contributed by atoms with E-state index in [1.165, 1.54) is 11.3 Å². The molecule has 23 heavy (non-hydrogen) atoms. The van der Waals surface area contributed by atoms with Crippen molar-refractivity contribution in [2.45, 2.75) is 24.9 Å². The predicted molar refractivity (Wildman–Crippen MR) is 91.4 cm³/mol. The molecule has 8 heteroatoms. The van der Waals surface area contributed by atoms with Crippen LogP contribution in [0, 0.1) is 0 Å². The van der Waals surface area contributed by atoms with E-state index < -0.39 is 5.54 Å². The van der Waals surface area contributed by atoms with Gasteiger partial charge in [-0.3, -0.25) is 4.79 Å². The van der Waals surface area contributed by atoms with Crippen LogP contribution >= 0.6 is 23.7 Å². The van der Waals surface area contributed by atoms with Crippen LogP contribution < -0.4 is 11.1 Å². The van der Waals surface area contributed by atoms with Gasteiger partial charge in [0.1, 0.15) is 10.0 Å². The number of carbonyl (C=O) groups excluding carboxylic acids is 1. The number of ether oxygens (including phenoxy) is 1. The molecule has 0 atom stereocenters. The van der Waals surface area contributed by atoms with E-state index >= 15 is 0 Å². The zero-order valence-electron chi connectivity index (χ0n) is 12.5. The first-order valence-electron chi connectivity index (χ1n) is 7.20. The van der Waals surface area contributed by atoms with Gasteiger partial charge >= 0.3 is 0 Å². The topological polar surface area (TPSA) is 90.1 Å². The molecule has 0 unspecified atom stereocenters. The van der Waals surface area contributed by atoms with Gasteiger partial charge in [-0.05, 0) is 12.8 Å². The molecule has 1 aromatic heterocycles. The zero-order valence-corrected chi connectivity index (χ0v) is 14.2. The molecule has 0 radical (unpaired) electrons. The number of amides is 1. The highest BCUT2D eigenvalue weighted by molar-refractivity contribution is 7.14. The number of nitrogens with one attached hydrogen (secondary N) is 1. The van der Waals surface area contributed by atoms with E-state index in [4.69, 9.17) is 10.5 Å². The first kappa shape index (κ1) is 17.8. The quantitative estimate of drug-likeness (QED) is 0.873. The minimum atomic E-state index is -0.828. The second kappa shape index (κ2) is 7.83. The van der Waals surface area contributed by atoms with Gasteiger partial charge in [0.15, 0.2) is 0 Å². The van der Waals surface area contributed by atoms with Crippen LogP contribution in [0.25, 0.3) is 10.6 Å². The normalized spacial score (nSPS) is 16.4. The molecule has 3 N–H and O–H groups in total. The maximum Gasteiger partial charge on any atom is 0.240 e. The van der Waals surface area contributed by atoms with Crippen molar-refractivity contribution in [3.8, 4) is 10.6 Å². The van der Waals surface area contributed by atoms with Crippen LogP contribution in [-0.2, 0) is 16.1 Å². The molecule has 2 aromatic rings. The van der Waals surface area contributed by atoms with E-state index in [2.05, 4.69) is 15.5 Å². The Hall–Kier alpha value is -1.54. The van der Waals surface area contributed by atoms with E-state index in [0.29, 0.717) is 32.6 Å². The summed E-state index contributed by atoms with van der Waals surface area (Å²) in [5.41, 5.74) is 6.34. The highest BCUT2D eigenvalue weighted by Gasteiger charge is 2.35. The zero-order chi connectivity index (χ0) is 15.4. The maximum absolute atomic E-state index is 12.2. The van der Waals surface area contributed by atoms with Gasteiger partial charge in [-0.2, -0.15) is 0 Å². The van der Waals surface area contributed by atoms with Crippen molar-refractivity contribution in [2.75, 3.05) is 13.2 Å². The Morgan fingerprint density at radius 3 is 2.65 bits per heavy atom. The number of nitrogens with two attached hydrogens (primary N) is 1. The number of carbonyl (C=O) groups is 1. The monoisotopic (exact) mass is 354 g/mol. The molecule has 3 rings (SSSR count). The highest BCUT2D eigenvalue weighted by Crippen LogP contribution is 2.23. The number of benzene rings is 1. The number of nitrogens with zero attached hydrogens (tertiary/aromatic N) is 2. The Kier molecular flexibility index (Phi) is 6.06. The summed E-state index contributed by atoms with van der Waals surface area (Å²) in [4.78, 5) is 12.2. The first-order valence-corrected chi connectivity index (χ1v) is 8.02. The Bertz CT molecular complexity index is 644. The average molecular weight is 355 g/mol. The minimum Gasteiger partial charge on any atom is -0.381 e. The van der Waals surface area contributed by atoms with Gasteiger partial charge in [0.2, 0.25) is 5.91 Å². The molecule has 1 amide bonds. The Labute approximate surface area is 144 Å². The van der Waals surface area contributed by atoms with E-state index in [1.54, 1.807) is 0 Å². The lowest BCUT2D eigenvalue weighted by Crippen LogP contribution is -2.56. The van der Waals surface area contributed by atoms with Crippen molar-refractivity contribution >= 4 is 29.7 Å². The minimum absolute atomic E-state index is 0.